The molecule has 0 aliphatic carbocycles. The van der Waals surface area contributed by atoms with Crippen molar-refractivity contribution < 1.29 is 14.3 Å². The molecule has 5 heteroatoms. The van der Waals surface area contributed by atoms with Crippen molar-refractivity contribution in [2.24, 2.45) is 0 Å². The molecular weight excluding hydrogens is 172 g/mol. The van der Waals surface area contributed by atoms with E-state index in [0.717, 1.165) is 0 Å². The molecule has 0 aliphatic rings. The SMILES string of the molecule is CCN(C)C(=O)CNCC(=O)OC. The highest BCUT2D eigenvalue weighted by Gasteiger charge is 2.06. The van der Waals surface area contributed by atoms with Crippen LogP contribution in [0.3, 0.4) is 0 Å². The summed E-state index contributed by atoms with van der Waals surface area (Å²) in [5.41, 5.74) is 0. The molecule has 0 aromatic carbocycles. The number of carbonyl (C=O) groups excluding carboxylic acids is 2. The van der Waals surface area contributed by atoms with Gasteiger partial charge < -0.3 is 9.64 Å². The molecule has 0 fully saturated rings. The molecule has 0 heterocycles. The highest BCUT2D eigenvalue weighted by atomic mass is 16.5. The van der Waals surface area contributed by atoms with Crippen LogP contribution in [0.1, 0.15) is 6.92 Å². The van der Waals surface area contributed by atoms with Crippen molar-refractivity contribution in [3.63, 3.8) is 0 Å². The van der Waals surface area contributed by atoms with Crippen LogP contribution in [0.15, 0.2) is 0 Å². The number of likely N-dealkylation sites (N-methyl/N-ethyl adjacent to an activating group) is 1. The standard InChI is InChI=1S/C8H16N2O3/c1-4-10(2)7(11)5-9-6-8(12)13-3/h9H,4-6H2,1-3H3. The molecule has 0 aromatic rings. The number of methoxy groups -OCH3 is 1. The largest absolute Gasteiger partial charge is 0.468 e. The van der Waals surface area contributed by atoms with Gasteiger partial charge in [-0.05, 0) is 6.92 Å². The topological polar surface area (TPSA) is 58.6 Å². The van der Waals surface area contributed by atoms with E-state index in [4.69, 9.17) is 0 Å². The van der Waals surface area contributed by atoms with Gasteiger partial charge in [-0.2, -0.15) is 0 Å². The van der Waals surface area contributed by atoms with Crippen LogP contribution in [-0.4, -0.2) is 50.6 Å². The number of rotatable bonds is 5. The Morgan fingerprint density at radius 3 is 2.46 bits per heavy atom. The zero-order valence-electron chi connectivity index (χ0n) is 8.29. The zero-order chi connectivity index (χ0) is 10.3. The molecule has 0 unspecified atom stereocenters. The Hall–Kier alpha value is -1.10. The third kappa shape index (κ3) is 5.19. The van der Waals surface area contributed by atoms with Crippen LogP contribution in [0, 0.1) is 0 Å². The van der Waals surface area contributed by atoms with Gasteiger partial charge in [-0.1, -0.05) is 0 Å². The molecule has 1 N–H and O–H groups in total. The predicted octanol–water partition coefficient (Wildman–Crippen LogP) is -0.773. The Balaban J connectivity index is 3.53. The van der Waals surface area contributed by atoms with Gasteiger partial charge >= 0.3 is 5.97 Å². The van der Waals surface area contributed by atoms with E-state index in [-0.39, 0.29) is 25.0 Å². The number of ether oxygens (including phenoxy) is 1. The average molecular weight is 188 g/mol. The number of hydrogen-bond acceptors (Lipinski definition) is 4. The maximum atomic E-state index is 11.2. The smallest absolute Gasteiger partial charge is 0.319 e. The molecule has 0 spiro atoms. The first-order chi connectivity index (χ1) is 6.11. The summed E-state index contributed by atoms with van der Waals surface area (Å²) in [6, 6.07) is 0. The fourth-order valence-electron chi connectivity index (χ4n) is 0.655. The lowest BCUT2D eigenvalue weighted by Crippen LogP contribution is -2.37. The third-order valence-corrected chi connectivity index (χ3v) is 1.67. The molecule has 0 saturated heterocycles. The molecule has 0 saturated carbocycles. The number of amides is 1. The monoisotopic (exact) mass is 188 g/mol. The van der Waals surface area contributed by atoms with Crippen LogP contribution in [0.25, 0.3) is 0 Å². The van der Waals surface area contributed by atoms with E-state index in [1.165, 1.54) is 7.11 Å². The van der Waals surface area contributed by atoms with Gasteiger partial charge in [0, 0.05) is 13.6 Å². The Morgan fingerprint density at radius 1 is 1.38 bits per heavy atom. The van der Waals surface area contributed by atoms with Crippen LogP contribution in [0.2, 0.25) is 0 Å². The van der Waals surface area contributed by atoms with E-state index in [0.29, 0.717) is 6.54 Å². The molecule has 76 valence electrons. The number of hydrogen-bond donors (Lipinski definition) is 1. The van der Waals surface area contributed by atoms with Gasteiger partial charge in [-0.3, -0.25) is 14.9 Å². The first kappa shape index (κ1) is 11.9. The van der Waals surface area contributed by atoms with Gasteiger partial charge in [0.2, 0.25) is 5.91 Å². The summed E-state index contributed by atoms with van der Waals surface area (Å²) in [4.78, 5) is 23.4. The van der Waals surface area contributed by atoms with Gasteiger partial charge in [0.1, 0.15) is 0 Å². The lowest BCUT2D eigenvalue weighted by atomic mass is 10.5. The van der Waals surface area contributed by atoms with Crippen LogP contribution >= 0.6 is 0 Å². The molecule has 0 aliphatic heterocycles. The molecule has 5 nitrogen and oxygen atoms in total. The average Bonchev–Trinajstić information content (AvgIpc) is 2.15. The lowest BCUT2D eigenvalue weighted by molar-refractivity contribution is -0.139. The molecule has 1 amide bonds. The molecule has 0 bridgehead atoms. The minimum Gasteiger partial charge on any atom is -0.468 e. The Kier molecular flexibility index (Phi) is 5.88. The van der Waals surface area contributed by atoms with Gasteiger partial charge in [0.05, 0.1) is 20.2 Å². The molecule has 0 rings (SSSR count). The molecule has 13 heavy (non-hydrogen) atoms. The Morgan fingerprint density at radius 2 is 2.00 bits per heavy atom. The number of carbonyl (C=O) groups is 2. The Labute approximate surface area is 78.0 Å². The van der Waals surface area contributed by atoms with Crippen LogP contribution in [0.4, 0.5) is 0 Å². The van der Waals surface area contributed by atoms with E-state index in [1.807, 2.05) is 6.92 Å². The lowest BCUT2D eigenvalue weighted by Gasteiger charge is -2.14. The molecular formula is C8H16N2O3. The summed E-state index contributed by atoms with van der Waals surface area (Å²) >= 11 is 0. The summed E-state index contributed by atoms with van der Waals surface area (Å²) in [6.45, 7) is 2.79. The van der Waals surface area contributed by atoms with Crippen molar-refractivity contribution in [2.45, 2.75) is 6.92 Å². The van der Waals surface area contributed by atoms with Crippen molar-refractivity contribution in [3.05, 3.63) is 0 Å². The van der Waals surface area contributed by atoms with Gasteiger partial charge in [-0.25, -0.2) is 0 Å². The van der Waals surface area contributed by atoms with Crippen molar-refractivity contribution in [3.8, 4) is 0 Å². The van der Waals surface area contributed by atoms with Gasteiger partial charge in [0.15, 0.2) is 0 Å². The quantitative estimate of drug-likeness (QED) is 0.575. The summed E-state index contributed by atoms with van der Waals surface area (Å²) in [7, 11) is 3.02. The van der Waals surface area contributed by atoms with Crippen molar-refractivity contribution in [1.29, 1.82) is 0 Å². The van der Waals surface area contributed by atoms with E-state index >= 15 is 0 Å². The predicted molar refractivity (Wildman–Crippen MR) is 48.2 cm³/mol. The molecule has 0 atom stereocenters. The van der Waals surface area contributed by atoms with E-state index in [2.05, 4.69) is 10.1 Å². The first-order valence-corrected chi connectivity index (χ1v) is 4.13. The zero-order valence-corrected chi connectivity index (χ0v) is 8.29. The summed E-state index contributed by atoms with van der Waals surface area (Å²) < 4.78 is 4.39. The maximum absolute atomic E-state index is 11.2. The van der Waals surface area contributed by atoms with E-state index in [1.54, 1.807) is 11.9 Å². The fourth-order valence-corrected chi connectivity index (χ4v) is 0.655. The first-order valence-electron chi connectivity index (χ1n) is 4.13. The van der Waals surface area contributed by atoms with Crippen LogP contribution < -0.4 is 5.32 Å². The molecule has 0 aromatic heterocycles. The maximum Gasteiger partial charge on any atom is 0.319 e. The number of nitrogens with one attached hydrogen (secondary N) is 1. The summed E-state index contributed by atoms with van der Waals surface area (Å²) in [5, 5.41) is 2.69. The second-order valence-electron chi connectivity index (χ2n) is 2.59. The minimum atomic E-state index is -0.369. The van der Waals surface area contributed by atoms with Crippen LogP contribution in [0.5, 0.6) is 0 Å². The van der Waals surface area contributed by atoms with Gasteiger partial charge in [0.25, 0.3) is 0 Å². The normalized spacial score (nSPS) is 9.46. The minimum absolute atomic E-state index is 0.0357. The summed E-state index contributed by atoms with van der Waals surface area (Å²) in [5.74, 6) is -0.404. The number of nitrogens with zero attached hydrogens (tertiary/aromatic N) is 1. The Bertz CT molecular complexity index is 182. The second-order valence-corrected chi connectivity index (χ2v) is 2.59. The van der Waals surface area contributed by atoms with Crippen molar-refractivity contribution >= 4 is 11.9 Å². The van der Waals surface area contributed by atoms with E-state index in [9.17, 15) is 9.59 Å². The van der Waals surface area contributed by atoms with Gasteiger partial charge in [-0.15, -0.1) is 0 Å². The number of esters is 1. The fraction of sp³-hybridized carbons (Fsp3) is 0.750. The van der Waals surface area contributed by atoms with Crippen molar-refractivity contribution in [1.82, 2.24) is 10.2 Å². The van der Waals surface area contributed by atoms with Crippen molar-refractivity contribution in [2.75, 3.05) is 33.8 Å². The summed E-state index contributed by atoms with van der Waals surface area (Å²) in [6.07, 6.45) is 0. The molecule has 0 radical (unpaired) electrons. The third-order valence-electron chi connectivity index (χ3n) is 1.67. The highest BCUT2D eigenvalue weighted by Crippen LogP contribution is 1.81. The second kappa shape index (κ2) is 6.42. The highest BCUT2D eigenvalue weighted by molar-refractivity contribution is 5.79. The van der Waals surface area contributed by atoms with E-state index < -0.39 is 0 Å². The van der Waals surface area contributed by atoms with Crippen LogP contribution in [-0.2, 0) is 14.3 Å².